The zero-order valence-corrected chi connectivity index (χ0v) is 8.11. The molecule has 72 valence electrons. The van der Waals surface area contributed by atoms with E-state index in [0.29, 0.717) is 5.75 Å². The van der Waals surface area contributed by atoms with E-state index in [2.05, 4.69) is 9.98 Å². The maximum atomic E-state index is 11.0. The van der Waals surface area contributed by atoms with E-state index in [1.807, 2.05) is 0 Å². The van der Waals surface area contributed by atoms with Gasteiger partial charge in [-0.25, -0.2) is 4.99 Å². The predicted molar refractivity (Wildman–Crippen MR) is 57.7 cm³/mol. The second kappa shape index (κ2) is 6.04. The Morgan fingerprint density at radius 2 is 2.14 bits per heavy atom. The van der Waals surface area contributed by atoms with Crippen molar-refractivity contribution < 1.29 is 9.59 Å². The van der Waals surface area contributed by atoms with E-state index in [4.69, 9.17) is 0 Å². The Hall–Kier alpha value is -1.49. The van der Waals surface area contributed by atoms with Gasteiger partial charge in [-0.05, 0) is 11.5 Å². The fourth-order valence-electron chi connectivity index (χ4n) is 0.641. The number of ketones is 1. The van der Waals surface area contributed by atoms with Gasteiger partial charge in [-0.15, -0.1) is 11.8 Å². The van der Waals surface area contributed by atoms with Crippen LogP contribution < -0.4 is 0 Å². The predicted octanol–water partition coefficient (Wildman–Crippen LogP) is 0.998. The van der Waals surface area contributed by atoms with Crippen LogP contribution in [0.5, 0.6) is 0 Å². The minimum Gasteiger partial charge on any atom is -0.288 e. The van der Waals surface area contributed by atoms with E-state index in [9.17, 15) is 9.59 Å². The van der Waals surface area contributed by atoms with Crippen molar-refractivity contribution in [3.63, 3.8) is 0 Å². The summed E-state index contributed by atoms with van der Waals surface area (Å²) in [5.41, 5.74) is 0. The molecule has 5 heteroatoms. The SMILES string of the molecule is O=C1C=CSCC=CN=CC(=O)N=C1. The molecular weight excluding hydrogens is 200 g/mol. The minimum atomic E-state index is -0.537. The monoisotopic (exact) mass is 208 g/mol. The summed E-state index contributed by atoms with van der Waals surface area (Å²) in [5, 5.41) is 1.66. The van der Waals surface area contributed by atoms with Crippen LogP contribution in [0, 0.1) is 0 Å². The molecule has 0 aromatic heterocycles. The number of amides is 1. The summed E-state index contributed by atoms with van der Waals surface area (Å²) in [6.45, 7) is 0. The van der Waals surface area contributed by atoms with E-state index in [1.54, 1.807) is 11.5 Å². The molecule has 1 heterocycles. The standard InChI is InChI=1S/C9H8N2O2S/c12-8-2-5-14-4-1-3-10-7-9(13)11-6-8/h1-3,5-7H,4H2. The highest BCUT2D eigenvalue weighted by atomic mass is 32.2. The van der Waals surface area contributed by atoms with Crippen LogP contribution in [0.2, 0.25) is 0 Å². The molecule has 0 unspecified atom stereocenters. The third-order valence-corrected chi connectivity index (χ3v) is 1.93. The molecule has 1 amide bonds. The van der Waals surface area contributed by atoms with Crippen molar-refractivity contribution >= 4 is 35.9 Å². The lowest BCUT2D eigenvalue weighted by molar-refractivity contribution is -0.112. The number of nitrogens with zero attached hydrogens (tertiary/aromatic N) is 2. The molecule has 0 saturated carbocycles. The second-order valence-corrected chi connectivity index (χ2v) is 3.24. The van der Waals surface area contributed by atoms with Gasteiger partial charge < -0.3 is 0 Å². The van der Waals surface area contributed by atoms with Crippen LogP contribution in [-0.2, 0) is 9.59 Å². The highest BCUT2D eigenvalue weighted by Crippen LogP contribution is 2.02. The van der Waals surface area contributed by atoms with Crippen LogP contribution in [0.3, 0.4) is 0 Å². The highest BCUT2D eigenvalue weighted by molar-refractivity contribution is 8.02. The van der Waals surface area contributed by atoms with E-state index < -0.39 is 5.91 Å². The molecule has 0 saturated heterocycles. The summed E-state index contributed by atoms with van der Waals surface area (Å²) in [5.74, 6) is -0.125. The summed E-state index contributed by atoms with van der Waals surface area (Å²) in [6.07, 6.45) is 6.73. The van der Waals surface area contributed by atoms with Crippen molar-refractivity contribution in [3.8, 4) is 0 Å². The second-order valence-electron chi connectivity index (χ2n) is 2.30. The molecule has 0 fully saturated rings. The van der Waals surface area contributed by atoms with Gasteiger partial charge in [0.25, 0.3) is 5.91 Å². The van der Waals surface area contributed by atoms with Crippen molar-refractivity contribution in [2.24, 2.45) is 9.98 Å². The van der Waals surface area contributed by atoms with E-state index in [0.717, 1.165) is 12.4 Å². The summed E-state index contributed by atoms with van der Waals surface area (Å²) in [7, 11) is 0. The Balaban J connectivity index is 2.73. The molecule has 0 aromatic carbocycles. The van der Waals surface area contributed by atoms with E-state index >= 15 is 0 Å². The number of hydrogen-bond acceptors (Lipinski definition) is 4. The van der Waals surface area contributed by atoms with Gasteiger partial charge in [-0.1, -0.05) is 6.08 Å². The van der Waals surface area contributed by atoms with Gasteiger partial charge in [-0.3, -0.25) is 14.6 Å². The van der Waals surface area contributed by atoms with Crippen molar-refractivity contribution in [2.75, 3.05) is 5.75 Å². The maximum absolute atomic E-state index is 11.0. The number of rotatable bonds is 0. The van der Waals surface area contributed by atoms with Crippen LogP contribution in [-0.4, -0.2) is 29.9 Å². The lowest BCUT2D eigenvalue weighted by Crippen LogP contribution is -2.00. The first-order chi connectivity index (χ1) is 6.79. The smallest absolute Gasteiger partial charge is 0.288 e. The number of hydrogen-bond donors (Lipinski definition) is 0. The summed E-state index contributed by atoms with van der Waals surface area (Å²) in [6, 6.07) is 0. The first-order valence-corrected chi connectivity index (χ1v) is 4.92. The fraction of sp³-hybridized carbons (Fsp3) is 0.111. The lowest BCUT2D eigenvalue weighted by Gasteiger charge is -1.87. The fourth-order valence-corrected chi connectivity index (χ4v) is 1.18. The molecule has 0 atom stereocenters. The van der Waals surface area contributed by atoms with Gasteiger partial charge in [-0.2, -0.15) is 0 Å². The van der Waals surface area contributed by atoms with Gasteiger partial charge in [0.1, 0.15) is 0 Å². The van der Waals surface area contributed by atoms with Crippen LogP contribution in [0.15, 0.2) is 33.7 Å². The summed E-state index contributed by atoms with van der Waals surface area (Å²) < 4.78 is 0. The van der Waals surface area contributed by atoms with Crippen LogP contribution in [0.25, 0.3) is 0 Å². The average Bonchev–Trinajstić information content (AvgIpc) is 2.17. The number of allylic oxidation sites excluding steroid dienone is 1. The molecular formula is C9H8N2O2S. The maximum Gasteiger partial charge on any atom is 0.288 e. The number of aliphatic imine (C=N–C) groups is 2. The normalized spacial score (nSPS) is 18.0. The van der Waals surface area contributed by atoms with Crippen LogP contribution in [0.1, 0.15) is 0 Å². The number of carbonyl (C=O) groups is 2. The Kier molecular flexibility index (Phi) is 4.57. The molecule has 1 rings (SSSR count). The molecule has 1 aliphatic rings. The molecule has 14 heavy (non-hydrogen) atoms. The topological polar surface area (TPSA) is 58.9 Å². The minimum absolute atomic E-state index is 0.302. The summed E-state index contributed by atoms with van der Waals surface area (Å²) >= 11 is 1.46. The van der Waals surface area contributed by atoms with Gasteiger partial charge >= 0.3 is 0 Å². The van der Waals surface area contributed by atoms with E-state index in [-0.39, 0.29) is 5.78 Å². The zero-order chi connectivity index (χ0) is 10.2. The molecule has 0 radical (unpaired) electrons. The van der Waals surface area contributed by atoms with Gasteiger partial charge in [0, 0.05) is 12.0 Å². The van der Waals surface area contributed by atoms with Crippen molar-refractivity contribution in [1.29, 1.82) is 0 Å². The molecule has 0 aromatic rings. The molecule has 0 bridgehead atoms. The largest absolute Gasteiger partial charge is 0.288 e. The number of carbonyl (C=O) groups excluding carboxylic acids is 2. The van der Waals surface area contributed by atoms with Crippen molar-refractivity contribution in [2.45, 2.75) is 0 Å². The first kappa shape index (κ1) is 10.6. The van der Waals surface area contributed by atoms with Crippen LogP contribution in [0.4, 0.5) is 0 Å². The average molecular weight is 208 g/mol. The third-order valence-electron chi connectivity index (χ3n) is 1.22. The first-order valence-electron chi connectivity index (χ1n) is 3.87. The molecule has 4 nitrogen and oxygen atoms in total. The van der Waals surface area contributed by atoms with Crippen LogP contribution >= 0.6 is 11.8 Å². The molecule has 0 aliphatic carbocycles. The lowest BCUT2D eigenvalue weighted by atomic mass is 10.4. The zero-order valence-electron chi connectivity index (χ0n) is 7.29. The van der Waals surface area contributed by atoms with E-state index in [1.165, 1.54) is 24.0 Å². The van der Waals surface area contributed by atoms with Gasteiger partial charge in [0.05, 0.1) is 12.4 Å². The Bertz CT molecular complexity index is 343. The summed E-state index contributed by atoms with van der Waals surface area (Å²) in [4.78, 5) is 28.9. The Morgan fingerprint density at radius 3 is 3.00 bits per heavy atom. The van der Waals surface area contributed by atoms with Crippen molar-refractivity contribution in [3.05, 3.63) is 23.8 Å². The molecule has 0 N–H and O–H groups in total. The molecule has 1 aliphatic heterocycles. The molecule has 0 spiro atoms. The van der Waals surface area contributed by atoms with Crippen molar-refractivity contribution in [1.82, 2.24) is 0 Å². The third kappa shape index (κ3) is 4.51. The number of thioether (sulfide) groups is 1. The Morgan fingerprint density at radius 1 is 1.29 bits per heavy atom. The quantitative estimate of drug-likeness (QED) is 0.596. The van der Waals surface area contributed by atoms with Gasteiger partial charge in [0.2, 0.25) is 0 Å². The highest BCUT2D eigenvalue weighted by Gasteiger charge is 1.94. The Labute approximate surface area is 85.5 Å². The van der Waals surface area contributed by atoms with Gasteiger partial charge in [0.15, 0.2) is 5.78 Å².